The Morgan fingerprint density at radius 1 is 1.19 bits per heavy atom. The molecule has 1 fully saturated rings. The van der Waals surface area contributed by atoms with Crippen LogP contribution in [-0.2, 0) is 9.59 Å². The van der Waals surface area contributed by atoms with Gasteiger partial charge in [-0.1, -0.05) is 18.2 Å². The molecule has 6 nitrogen and oxygen atoms in total. The molecule has 1 aliphatic rings. The van der Waals surface area contributed by atoms with E-state index in [1.54, 1.807) is 30.3 Å². The molecule has 0 saturated heterocycles. The van der Waals surface area contributed by atoms with E-state index in [2.05, 4.69) is 22.5 Å². The Kier molecular flexibility index (Phi) is 4.71. The van der Waals surface area contributed by atoms with Crippen molar-refractivity contribution >= 4 is 23.4 Å². The molecule has 0 radical (unpaired) electrons. The summed E-state index contributed by atoms with van der Waals surface area (Å²) >= 11 is 0. The summed E-state index contributed by atoms with van der Waals surface area (Å²) in [5, 5.41) is 7.68. The van der Waals surface area contributed by atoms with E-state index in [1.165, 1.54) is 0 Å². The van der Waals surface area contributed by atoms with Crippen LogP contribution in [0, 0.1) is 0 Å². The van der Waals surface area contributed by atoms with E-state index in [0.29, 0.717) is 17.8 Å². The predicted molar refractivity (Wildman–Crippen MR) is 78.8 cm³/mol. The van der Waals surface area contributed by atoms with Gasteiger partial charge < -0.3 is 16.0 Å². The van der Waals surface area contributed by atoms with Crippen LogP contribution in [0.25, 0.3) is 0 Å². The van der Waals surface area contributed by atoms with Gasteiger partial charge in [-0.2, -0.15) is 0 Å². The summed E-state index contributed by atoms with van der Waals surface area (Å²) in [6.07, 6.45) is 3.36. The molecular weight excluding hydrogens is 270 g/mol. The molecule has 1 aliphatic carbocycles. The van der Waals surface area contributed by atoms with E-state index in [1.807, 2.05) is 0 Å². The normalized spacial score (nSPS) is 13.1. The third-order valence-corrected chi connectivity index (χ3v) is 2.95. The highest BCUT2D eigenvalue weighted by atomic mass is 16.2. The molecule has 3 amide bonds. The number of hydrogen-bond donors (Lipinski definition) is 3. The van der Waals surface area contributed by atoms with E-state index in [9.17, 15) is 14.4 Å². The van der Waals surface area contributed by atoms with Crippen LogP contribution in [0.5, 0.6) is 0 Å². The van der Waals surface area contributed by atoms with Gasteiger partial charge in [-0.05, 0) is 25.0 Å². The first-order chi connectivity index (χ1) is 10.1. The monoisotopic (exact) mass is 287 g/mol. The fourth-order valence-corrected chi connectivity index (χ4v) is 1.71. The van der Waals surface area contributed by atoms with E-state index in [4.69, 9.17) is 0 Å². The molecule has 1 aromatic carbocycles. The van der Waals surface area contributed by atoms with Crippen LogP contribution in [0.3, 0.4) is 0 Å². The van der Waals surface area contributed by atoms with Crippen LogP contribution >= 0.6 is 0 Å². The Morgan fingerprint density at radius 3 is 2.57 bits per heavy atom. The Balaban J connectivity index is 2.04. The van der Waals surface area contributed by atoms with Crippen molar-refractivity contribution in [2.45, 2.75) is 18.9 Å². The number of anilines is 1. The number of hydrogen-bond acceptors (Lipinski definition) is 3. The van der Waals surface area contributed by atoms with Crippen molar-refractivity contribution in [2.24, 2.45) is 0 Å². The molecule has 21 heavy (non-hydrogen) atoms. The lowest BCUT2D eigenvalue weighted by Gasteiger charge is -2.10. The molecule has 0 aromatic heterocycles. The summed E-state index contributed by atoms with van der Waals surface area (Å²) in [6, 6.07) is 6.62. The molecule has 1 saturated carbocycles. The highest BCUT2D eigenvalue weighted by molar-refractivity contribution is 6.40. The van der Waals surface area contributed by atoms with Crippen molar-refractivity contribution in [3.8, 4) is 0 Å². The van der Waals surface area contributed by atoms with Crippen molar-refractivity contribution in [3.63, 3.8) is 0 Å². The van der Waals surface area contributed by atoms with Gasteiger partial charge in [0.15, 0.2) is 0 Å². The van der Waals surface area contributed by atoms with Crippen molar-refractivity contribution in [2.75, 3.05) is 11.9 Å². The Morgan fingerprint density at radius 2 is 1.90 bits per heavy atom. The summed E-state index contributed by atoms with van der Waals surface area (Å²) in [6.45, 7) is 3.84. The molecule has 6 heteroatoms. The topological polar surface area (TPSA) is 87.3 Å². The molecule has 0 unspecified atom stereocenters. The molecule has 0 spiro atoms. The lowest BCUT2D eigenvalue weighted by Crippen LogP contribution is -2.37. The van der Waals surface area contributed by atoms with Crippen molar-refractivity contribution in [1.82, 2.24) is 10.6 Å². The van der Waals surface area contributed by atoms with Gasteiger partial charge in [0.25, 0.3) is 5.91 Å². The highest BCUT2D eigenvalue weighted by Gasteiger charge is 2.26. The summed E-state index contributed by atoms with van der Waals surface area (Å²) < 4.78 is 0. The number of amides is 3. The lowest BCUT2D eigenvalue weighted by atomic mass is 10.1. The molecule has 1 aromatic rings. The second-order valence-corrected chi connectivity index (χ2v) is 4.75. The van der Waals surface area contributed by atoms with Gasteiger partial charge in [-0.25, -0.2) is 0 Å². The molecule has 110 valence electrons. The smallest absolute Gasteiger partial charge is 0.313 e. The van der Waals surface area contributed by atoms with Gasteiger partial charge in [-0.15, -0.1) is 6.58 Å². The summed E-state index contributed by atoms with van der Waals surface area (Å²) in [5.74, 6) is -1.79. The number of nitrogens with one attached hydrogen (secondary N) is 3. The Bertz CT molecular complexity index is 579. The zero-order valence-corrected chi connectivity index (χ0v) is 11.5. The quantitative estimate of drug-likeness (QED) is 0.553. The maximum atomic E-state index is 12.0. The molecular formula is C15H17N3O3. The van der Waals surface area contributed by atoms with E-state index < -0.39 is 11.8 Å². The van der Waals surface area contributed by atoms with Gasteiger partial charge >= 0.3 is 11.8 Å². The van der Waals surface area contributed by atoms with Crippen LogP contribution in [0.2, 0.25) is 0 Å². The second kappa shape index (κ2) is 6.69. The van der Waals surface area contributed by atoms with Crippen LogP contribution < -0.4 is 16.0 Å². The summed E-state index contributed by atoms with van der Waals surface area (Å²) in [7, 11) is 0. The van der Waals surface area contributed by atoms with Crippen molar-refractivity contribution in [3.05, 3.63) is 42.5 Å². The minimum atomic E-state index is -0.772. The number of benzene rings is 1. The van der Waals surface area contributed by atoms with E-state index in [0.717, 1.165) is 12.8 Å². The molecule has 0 aliphatic heterocycles. The van der Waals surface area contributed by atoms with Crippen molar-refractivity contribution < 1.29 is 14.4 Å². The molecule has 3 N–H and O–H groups in total. The predicted octanol–water partition coefficient (Wildman–Crippen LogP) is 0.819. The molecule has 0 atom stereocenters. The van der Waals surface area contributed by atoms with E-state index in [-0.39, 0.29) is 11.9 Å². The van der Waals surface area contributed by atoms with Gasteiger partial charge in [0.05, 0.1) is 11.3 Å². The molecule has 0 bridgehead atoms. The zero-order valence-electron chi connectivity index (χ0n) is 11.5. The van der Waals surface area contributed by atoms with E-state index >= 15 is 0 Å². The lowest BCUT2D eigenvalue weighted by molar-refractivity contribution is -0.136. The summed E-state index contributed by atoms with van der Waals surface area (Å²) in [4.78, 5) is 35.4. The number of para-hydroxylation sites is 1. The standard InChI is InChI=1S/C15H17N3O3/c1-2-9-16-13(19)11-5-3-4-6-12(11)18-15(21)14(20)17-10-7-8-10/h2-6,10H,1,7-9H2,(H,16,19)(H,17,20)(H,18,21). The Labute approximate surface area is 122 Å². The van der Waals surface area contributed by atoms with Gasteiger partial charge in [0, 0.05) is 12.6 Å². The molecule has 2 rings (SSSR count). The second-order valence-electron chi connectivity index (χ2n) is 4.75. The molecule has 0 heterocycles. The van der Waals surface area contributed by atoms with Crippen LogP contribution in [0.1, 0.15) is 23.2 Å². The van der Waals surface area contributed by atoms with Crippen LogP contribution in [0.15, 0.2) is 36.9 Å². The van der Waals surface area contributed by atoms with Crippen LogP contribution in [0.4, 0.5) is 5.69 Å². The highest BCUT2D eigenvalue weighted by Crippen LogP contribution is 2.19. The maximum Gasteiger partial charge on any atom is 0.313 e. The fraction of sp³-hybridized carbons (Fsp3) is 0.267. The zero-order chi connectivity index (χ0) is 15.2. The fourth-order valence-electron chi connectivity index (χ4n) is 1.71. The number of carbonyl (C=O) groups is 3. The largest absolute Gasteiger partial charge is 0.349 e. The van der Waals surface area contributed by atoms with Gasteiger partial charge in [0.1, 0.15) is 0 Å². The first-order valence-electron chi connectivity index (χ1n) is 6.71. The third-order valence-electron chi connectivity index (χ3n) is 2.95. The maximum absolute atomic E-state index is 12.0. The van der Waals surface area contributed by atoms with Crippen LogP contribution in [-0.4, -0.2) is 30.3 Å². The Hall–Kier alpha value is -2.63. The van der Waals surface area contributed by atoms with Gasteiger partial charge in [0.2, 0.25) is 0 Å². The average Bonchev–Trinajstić information content (AvgIpc) is 3.29. The number of carbonyl (C=O) groups excluding carboxylic acids is 3. The first-order valence-corrected chi connectivity index (χ1v) is 6.71. The minimum absolute atomic E-state index is 0.106. The van der Waals surface area contributed by atoms with Crippen molar-refractivity contribution in [1.29, 1.82) is 0 Å². The first kappa shape index (κ1) is 14.8. The average molecular weight is 287 g/mol. The third kappa shape index (κ3) is 4.17. The minimum Gasteiger partial charge on any atom is -0.349 e. The van der Waals surface area contributed by atoms with Gasteiger partial charge in [-0.3, -0.25) is 14.4 Å². The SMILES string of the molecule is C=CCNC(=O)c1ccccc1NC(=O)C(=O)NC1CC1. The number of rotatable bonds is 5. The summed E-state index contributed by atoms with van der Waals surface area (Å²) in [5.41, 5.74) is 0.599.